The summed E-state index contributed by atoms with van der Waals surface area (Å²) in [6.45, 7) is 6.24. The molecule has 2 heterocycles. The van der Waals surface area contributed by atoms with Gasteiger partial charge in [0.15, 0.2) is 11.5 Å². The van der Waals surface area contributed by atoms with Crippen LogP contribution in [0.2, 0.25) is 5.02 Å². The second kappa shape index (κ2) is 10.7. The van der Waals surface area contributed by atoms with Crippen LogP contribution in [-0.2, 0) is 17.9 Å². The van der Waals surface area contributed by atoms with Crippen molar-refractivity contribution in [1.82, 2.24) is 9.80 Å². The predicted molar refractivity (Wildman–Crippen MR) is 133 cm³/mol. The highest BCUT2D eigenvalue weighted by Gasteiger charge is 2.25. The predicted octanol–water partition coefficient (Wildman–Crippen LogP) is 5.44. The summed E-state index contributed by atoms with van der Waals surface area (Å²) < 4.78 is 16.6. The van der Waals surface area contributed by atoms with E-state index in [1.807, 2.05) is 51.1 Å². The van der Waals surface area contributed by atoms with Crippen molar-refractivity contribution < 1.29 is 23.5 Å². The van der Waals surface area contributed by atoms with Crippen molar-refractivity contribution in [3.05, 3.63) is 76.7 Å². The first-order chi connectivity index (χ1) is 16.8. The second-order valence-corrected chi connectivity index (χ2v) is 9.05. The van der Waals surface area contributed by atoms with Crippen molar-refractivity contribution in [3.63, 3.8) is 0 Å². The fourth-order valence-electron chi connectivity index (χ4n) is 3.75. The van der Waals surface area contributed by atoms with Gasteiger partial charge in [-0.05, 0) is 68.8 Å². The number of hydrogen-bond acceptors (Lipinski definition) is 5. The molecule has 0 fully saturated rings. The molecular weight excluding hydrogens is 470 g/mol. The van der Waals surface area contributed by atoms with Gasteiger partial charge in [0.1, 0.15) is 18.1 Å². The van der Waals surface area contributed by atoms with E-state index in [0.29, 0.717) is 34.5 Å². The molecule has 3 amide bonds. The van der Waals surface area contributed by atoms with Crippen LogP contribution in [0, 0.1) is 6.92 Å². The molecular formula is C26H28ClN3O5. The van der Waals surface area contributed by atoms with E-state index in [4.69, 9.17) is 25.5 Å². The first kappa shape index (κ1) is 24.5. The molecule has 1 aliphatic heterocycles. The molecule has 0 radical (unpaired) electrons. The van der Waals surface area contributed by atoms with E-state index >= 15 is 0 Å². The van der Waals surface area contributed by atoms with Crippen molar-refractivity contribution >= 4 is 29.2 Å². The van der Waals surface area contributed by atoms with Gasteiger partial charge in [0.05, 0.1) is 6.54 Å². The number of halogens is 1. The van der Waals surface area contributed by atoms with Crippen molar-refractivity contribution in [3.8, 4) is 11.5 Å². The molecule has 1 N–H and O–H groups in total. The summed E-state index contributed by atoms with van der Waals surface area (Å²) in [5.74, 6) is 2.54. The van der Waals surface area contributed by atoms with Gasteiger partial charge in [-0.2, -0.15) is 0 Å². The third-order valence-corrected chi connectivity index (χ3v) is 5.81. The molecule has 35 heavy (non-hydrogen) atoms. The molecule has 0 unspecified atom stereocenters. The van der Waals surface area contributed by atoms with Gasteiger partial charge in [0.25, 0.3) is 0 Å². The SMILES string of the molecule is Cc1ccc(CN(Cc2ccc3c(c2)OCO3)C(=O)CN(C(=O)Nc2cccc(Cl)c2)C(C)C)o1. The largest absolute Gasteiger partial charge is 0.464 e. The zero-order valence-corrected chi connectivity index (χ0v) is 20.7. The van der Waals surface area contributed by atoms with Crippen LogP contribution < -0.4 is 14.8 Å². The van der Waals surface area contributed by atoms with Crippen molar-refractivity contribution in [1.29, 1.82) is 0 Å². The van der Waals surface area contributed by atoms with E-state index in [-0.39, 0.29) is 37.9 Å². The molecule has 0 atom stereocenters. The number of benzene rings is 2. The number of amides is 3. The fraction of sp³-hybridized carbons (Fsp3) is 0.308. The van der Waals surface area contributed by atoms with E-state index in [1.54, 1.807) is 29.2 Å². The van der Waals surface area contributed by atoms with Crippen LogP contribution in [0.4, 0.5) is 10.5 Å². The Morgan fingerprint density at radius 1 is 1.03 bits per heavy atom. The highest BCUT2D eigenvalue weighted by molar-refractivity contribution is 6.30. The molecule has 184 valence electrons. The standard InChI is InChI=1S/C26H28ClN3O5/c1-17(2)30(26(32)28-21-6-4-5-20(27)12-21)15-25(31)29(14-22-9-7-18(3)35-22)13-19-8-10-23-24(11-19)34-16-33-23/h4-12,17H,13-16H2,1-3H3,(H,28,32). The number of carbonyl (C=O) groups is 2. The minimum absolute atomic E-state index is 0.103. The zero-order valence-electron chi connectivity index (χ0n) is 19.9. The first-order valence-corrected chi connectivity index (χ1v) is 11.7. The first-order valence-electron chi connectivity index (χ1n) is 11.3. The molecule has 0 spiro atoms. The van der Waals surface area contributed by atoms with E-state index in [0.717, 1.165) is 11.3 Å². The van der Waals surface area contributed by atoms with Gasteiger partial charge in [0.2, 0.25) is 12.7 Å². The Labute approximate surface area is 209 Å². The van der Waals surface area contributed by atoms with Crippen molar-refractivity contribution in [2.75, 3.05) is 18.7 Å². The van der Waals surface area contributed by atoms with Crippen LogP contribution >= 0.6 is 11.6 Å². The zero-order chi connectivity index (χ0) is 24.9. The number of urea groups is 1. The summed E-state index contributed by atoms with van der Waals surface area (Å²) >= 11 is 6.04. The topological polar surface area (TPSA) is 84.2 Å². The van der Waals surface area contributed by atoms with Crippen LogP contribution in [0.25, 0.3) is 0 Å². The highest BCUT2D eigenvalue weighted by atomic mass is 35.5. The summed E-state index contributed by atoms with van der Waals surface area (Å²) in [5, 5.41) is 3.33. The molecule has 4 rings (SSSR count). The molecule has 8 nitrogen and oxygen atoms in total. The van der Waals surface area contributed by atoms with Gasteiger partial charge >= 0.3 is 6.03 Å². The highest BCUT2D eigenvalue weighted by Crippen LogP contribution is 2.33. The van der Waals surface area contributed by atoms with Crippen molar-refractivity contribution in [2.45, 2.75) is 39.9 Å². The molecule has 0 saturated carbocycles. The number of anilines is 1. The van der Waals surface area contributed by atoms with Gasteiger partial charge in [0, 0.05) is 23.3 Å². The van der Waals surface area contributed by atoms with Crippen LogP contribution in [0.1, 0.15) is 30.9 Å². The molecule has 0 aliphatic carbocycles. The molecule has 9 heteroatoms. The van der Waals surface area contributed by atoms with Gasteiger partial charge in [-0.1, -0.05) is 23.7 Å². The molecule has 0 saturated heterocycles. The van der Waals surface area contributed by atoms with E-state index in [2.05, 4.69) is 5.32 Å². The van der Waals surface area contributed by atoms with E-state index in [9.17, 15) is 9.59 Å². The molecule has 0 bridgehead atoms. The number of rotatable bonds is 8. The van der Waals surface area contributed by atoms with Gasteiger partial charge in [-0.3, -0.25) is 4.79 Å². The monoisotopic (exact) mass is 497 g/mol. The summed E-state index contributed by atoms with van der Waals surface area (Å²) in [7, 11) is 0. The Morgan fingerprint density at radius 2 is 1.83 bits per heavy atom. The Hall–Kier alpha value is -3.65. The van der Waals surface area contributed by atoms with E-state index in [1.165, 1.54) is 4.90 Å². The van der Waals surface area contributed by atoms with E-state index < -0.39 is 0 Å². The number of carbonyl (C=O) groups excluding carboxylic acids is 2. The quantitative estimate of drug-likeness (QED) is 0.448. The van der Waals surface area contributed by atoms with Crippen LogP contribution in [0.3, 0.4) is 0 Å². The van der Waals surface area contributed by atoms with Gasteiger partial charge in [-0.15, -0.1) is 0 Å². The van der Waals surface area contributed by atoms with Gasteiger partial charge in [-0.25, -0.2) is 4.79 Å². The van der Waals surface area contributed by atoms with Gasteiger partial charge < -0.3 is 29.0 Å². The summed E-state index contributed by atoms with van der Waals surface area (Å²) in [5.41, 5.74) is 1.44. The number of aryl methyl sites for hydroxylation is 1. The number of nitrogens with zero attached hydrogens (tertiary/aromatic N) is 2. The minimum atomic E-state index is -0.382. The maximum absolute atomic E-state index is 13.5. The number of nitrogens with one attached hydrogen (secondary N) is 1. The minimum Gasteiger partial charge on any atom is -0.464 e. The Morgan fingerprint density at radius 3 is 2.54 bits per heavy atom. The Balaban J connectivity index is 1.51. The number of ether oxygens (including phenoxy) is 2. The maximum atomic E-state index is 13.5. The van der Waals surface area contributed by atoms with Crippen LogP contribution in [0.5, 0.6) is 11.5 Å². The van der Waals surface area contributed by atoms with Crippen LogP contribution in [0.15, 0.2) is 59.0 Å². The average molecular weight is 498 g/mol. The number of furan rings is 1. The third kappa shape index (κ3) is 6.27. The third-order valence-electron chi connectivity index (χ3n) is 5.57. The Kier molecular flexibility index (Phi) is 7.51. The Bertz CT molecular complexity index is 1210. The number of hydrogen-bond donors (Lipinski definition) is 1. The lowest BCUT2D eigenvalue weighted by Gasteiger charge is -2.30. The molecule has 3 aromatic rings. The lowest BCUT2D eigenvalue weighted by atomic mass is 10.1. The fourth-order valence-corrected chi connectivity index (χ4v) is 3.94. The number of fused-ring (bicyclic) bond motifs is 1. The summed E-state index contributed by atoms with van der Waals surface area (Å²) in [6.07, 6.45) is 0. The molecule has 1 aliphatic rings. The second-order valence-electron chi connectivity index (χ2n) is 8.61. The molecule has 2 aromatic carbocycles. The molecule has 1 aromatic heterocycles. The summed E-state index contributed by atoms with van der Waals surface area (Å²) in [4.78, 5) is 29.7. The summed E-state index contributed by atoms with van der Waals surface area (Å²) in [6, 6.07) is 15.6. The maximum Gasteiger partial charge on any atom is 0.322 e. The lowest BCUT2D eigenvalue weighted by molar-refractivity contribution is -0.133. The van der Waals surface area contributed by atoms with Crippen molar-refractivity contribution in [2.24, 2.45) is 0 Å². The lowest BCUT2D eigenvalue weighted by Crippen LogP contribution is -2.47. The van der Waals surface area contributed by atoms with Crippen LogP contribution in [-0.4, -0.2) is 41.1 Å². The smallest absolute Gasteiger partial charge is 0.322 e. The normalized spacial score (nSPS) is 12.0. The average Bonchev–Trinajstić information content (AvgIpc) is 3.44.